The van der Waals surface area contributed by atoms with Crippen LogP contribution in [0.3, 0.4) is 0 Å². The van der Waals surface area contributed by atoms with Gasteiger partial charge < -0.3 is 15.4 Å². The number of rotatable bonds is 5. The number of aryl methyl sites for hydroxylation is 1. The molecule has 5 nitrogen and oxygen atoms in total. The van der Waals surface area contributed by atoms with Crippen LogP contribution in [0.4, 0.5) is 36.3 Å². The third-order valence-electron chi connectivity index (χ3n) is 3.67. The minimum atomic E-state index is -4.41. The summed E-state index contributed by atoms with van der Waals surface area (Å²) in [5.41, 5.74) is 0.867. The minimum Gasteiger partial charge on any atom is -0.495 e. The van der Waals surface area contributed by atoms with Crippen molar-refractivity contribution in [3.05, 3.63) is 65.9 Å². The number of anilines is 4. The molecule has 140 valence electrons. The Balaban J connectivity index is 1.86. The van der Waals surface area contributed by atoms with Gasteiger partial charge in [-0.25, -0.2) is 4.98 Å². The second-order valence-electron chi connectivity index (χ2n) is 5.75. The molecule has 0 spiro atoms. The van der Waals surface area contributed by atoms with Crippen molar-refractivity contribution in [3.63, 3.8) is 0 Å². The molecular weight excluding hydrogens is 357 g/mol. The number of halogens is 3. The molecule has 2 N–H and O–H groups in total. The fourth-order valence-corrected chi connectivity index (χ4v) is 2.48. The van der Waals surface area contributed by atoms with Crippen LogP contribution in [-0.2, 0) is 6.18 Å². The van der Waals surface area contributed by atoms with Gasteiger partial charge in [0.15, 0.2) is 0 Å². The molecule has 0 amide bonds. The van der Waals surface area contributed by atoms with Crippen LogP contribution in [0.15, 0.2) is 54.6 Å². The predicted molar refractivity (Wildman–Crippen MR) is 97.8 cm³/mol. The Bertz CT molecular complexity index is 944. The Morgan fingerprint density at radius 2 is 1.70 bits per heavy atom. The highest BCUT2D eigenvalue weighted by Gasteiger charge is 2.30. The molecule has 8 heteroatoms. The standard InChI is InChI=1S/C19H17F3N4O/c1-12-10-17(25-15-8-3-4-9-16(15)27-2)26-18(23-12)24-14-7-5-6-13(11-14)19(20,21)22/h3-11H,1-2H3,(H2,23,24,25,26). The molecule has 3 rings (SSSR count). The topological polar surface area (TPSA) is 59.1 Å². The smallest absolute Gasteiger partial charge is 0.416 e. The van der Waals surface area contributed by atoms with Crippen molar-refractivity contribution in [1.82, 2.24) is 9.97 Å². The summed E-state index contributed by atoms with van der Waals surface area (Å²) < 4.78 is 43.9. The Morgan fingerprint density at radius 3 is 2.44 bits per heavy atom. The van der Waals surface area contributed by atoms with E-state index in [2.05, 4.69) is 20.6 Å². The monoisotopic (exact) mass is 374 g/mol. The van der Waals surface area contributed by atoms with E-state index in [1.54, 1.807) is 26.2 Å². The van der Waals surface area contributed by atoms with E-state index in [0.717, 1.165) is 12.1 Å². The zero-order chi connectivity index (χ0) is 19.4. The van der Waals surface area contributed by atoms with E-state index in [1.807, 2.05) is 18.2 Å². The van der Waals surface area contributed by atoms with Crippen LogP contribution in [0.25, 0.3) is 0 Å². The lowest BCUT2D eigenvalue weighted by Gasteiger charge is -2.13. The summed E-state index contributed by atoms with van der Waals surface area (Å²) in [6, 6.07) is 13.9. The molecule has 0 radical (unpaired) electrons. The van der Waals surface area contributed by atoms with Crippen molar-refractivity contribution in [2.45, 2.75) is 13.1 Å². The van der Waals surface area contributed by atoms with Gasteiger partial charge in [0.05, 0.1) is 18.4 Å². The van der Waals surface area contributed by atoms with Crippen LogP contribution in [0.5, 0.6) is 5.75 Å². The molecule has 27 heavy (non-hydrogen) atoms. The fourth-order valence-electron chi connectivity index (χ4n) is 2.48. The number of benzene rings is 2. The summed E-state index contributed by atoms with van der Waals surface area (Å²) in [4.78, 5) is 8.55. The average molecular weight is 374 g/mol. The van der Waals surface area contributed by atoms with Crippen LogP contribution in [0.1, 0.15) is 11.3 Å². The van der Waals surface area contributed by atoms with E-state index < -0.39 is 11.7 Å². The molecule has 1 aromatic heterocycles. The summed E-state index contributed by atoms with van der Waals surface area (Å²) in [6.07, 6.45) is -4.41. The number of para-hydroxylation sites is 2. The lowest BCUT2D eigenvalue weighted by molar-refractivity contribution is -0.137. The summed E-state index contributed by atoms with van der Waals surface area (Å²) >= 11 is 0. The van der Waals surface area contributed by atoms with Crippen molar-refractivity contribution in [1.29, 1.82) is 0 Å². The van der Waals surface area contributed by atoms with Crippen LogP contribution in [0, 0.1) is 6.92 Å². The Labute approximate surface area is 154 Å². The molecule has 0 aliphatic rings. The molecule has 0 fully saturated rings. The van der Waals surface area contributed by atoms with E-state index >= 15 is 0 Å². The van der Waals surface area contributed by atoms with Crippen molar-refractivity contribution >= 4 is 23.1 Å². The highest BCUT2D eigenvalue weighted by molar-refractivity contribution is 5.65. The fraction of sp³-hybridized carbons (Fsp3) is 0.158. The second-order valence-corrected chi connectivity index (χ2v) is 5.75. The van der Waals surface area contributed by atoms with Gasteiger partial charge >= 0.3 is 6.18 Å². The predicted octanol–water partition coefficient (Wildman–Crippen LogP) is 5.30. The number of nitrogens with one attached hydrogen (secondary N) is 2. The number of hydrogen-bond donors (Lipinski definition) is 2. The zero-order valence-corrected chi connectivity index (χ0v) is 14.6. The summed E-state index contributed by atoms with van der Waals surface area (Å²) in [6.45, 7) is 1.77. The largest absolute Gasteiger partial charge is 0.495 e. The zero-order valence-electron chi connectivity index (χ0n) is 14.6. The van der Waals surface area contributed by atoms with E-state index in [9.17, 15) is 13.2 Å². The SMILES string of the molecule is COc1ccccc1Nc1cc(C)nc(Nc2cccc(C(F)(F)F)c2)n1. The second kappa shape index (κ2) is 7.53. The van der Waals surface area contributed by atoms with Crippen LogP contribution in [-0.4, -0.2) is 17.1 Å². The Morgan fingerprint density at radius 1 is 0.926 bits per heavy atom. The summed E-state index contributed by atoms with van der Waals surface area (Å²) in [5.74, 6) is 1.31. The maximum atomic E-state index is 12.9. The first kappa shape index (κ1) is 18.5. The molecule has 0 unspecified atom stereocenters. The summed E-state index contributed by atoms with van der Waals surface area (Å²) in [7, 11) is 1.56. The van der Waals surface area contributed by atoms with Gasteiger partial charge in [-0.1, -0.05) is 18.2 Å². The first-order valence-electron chi connectivity index (χ1n) is 8.05. The Hall–Kier alpha value is -3.29. The molecule has 0 aliphatic carbocycles. The molecule has 0 bridgehead atoms. The number of alkyl halides is 3. The van der Waals surface area contributed by atoms with Gasteiger partial charge in [0, 0.05) is 17.4 Å². The van der Waals surface area contributed by atoms with Gasteiger partial charge in [-0.2, -0.15) is 18.2 Å². The third kappa shape index (κ3) is 4.66. The lowest BCUT2D eigenvalue weighted by Crippen LogP contribution is -2.06. The van der Waals surface area contributed by atoms with Gasteiger partial charge in [-0.05, 0) is 37.3 Å². The molecule has 3 aromatic rings. The van der Waals surface area contributed by atoms with Gasteiger partial charge in [0.1, 0.15) is 11.6 Å². The van der Waals surface area contributed by atoms with Crippen LogP contribution < -0.4 is 15.4 Å². The molecule has 0 saturated carbocycles. The Kier molecular flexibility index (Phi) is 5.16. The van der Waals surface area contributed by atoms with E-state index in [4.69, 9.17) is 4.74 Å². The molecule has 0 aliphatic heterocycles. The summed E-state index contributed by atoms with van der Waals surface area (Å²) in [5, 5.41) is 5.95. The molecular formula is C19H17F3N4O. The van der Waals surface area contributed by atoms with Crippen molar-refractivity contribution in [2.24, 2.45) is 0 Å². The van der Waals surface area contributed by atoms with Crippen LogP contribution >= 0.6 is 0 Å². The number of ether oxygens (including phenoxy) is 1. The number of hydrogen-bond acceptors (Lipinski definition) is 5. The first-order valence-corrected chi connectivity index (χ1v) is 8.05. The van der Waals surface area contributed by atoms with Gasteiger partial charge in [-0.3, -0.25) is 0 Å². The number of aromatic nitrogens is 2. The molecule has 2 aromatic carbocycles. The van der Waals surface area contributed by atoms with Crippen molar-refractivity contribution < 1.29 is 17.9 Å². The number of methoxy groups -OCH3 is 1. The highest BCUT2D eigenvalue weighted by Crippen LogP contribution is 2.31. The van der Waals surface area contributed by atoms with E-state index in [1.165, 1.54) is 12.1 Å². The molecule has 0 saturated heterocycles. The normalized spacial score (nSPS) is 11.1. The molecule has 1 heterocycles. The van der Waals surface area contributed by atoms with E-state index in [0.29, 0.717) is 22.9 Å². The maximum absolute atomic E-state index is 12.9. The van der Waals surface area contributed by atoms with Crippen molar-refractivity contribution in [2.75, 3.05) is 17.7 Å². The van der Waals surface area contributed by atoms with E-state index in [-0.39, 0.29) is 11.6 Å². The van der Waals surface area contributed by atoms with Crippen LogP contribution in [0.2, 0.25) is 0 Å². The van der Waals surface area contributed by atoms with Gasteiger partial charge in [-0.15, -0.1) is 0 Å². The maximum Gasteiger partial charge on any atom is 0.416 e. The average Bonchev–Trinajstić information content (AvgIpc) is 2.61. The van der Waals surface area contributed by atoms with Crippen molar-refractivity contribution in [3.8, 4) is 5.75 Å². The highest BCUT2D eigenvalue weighted by atomic mass is 19.4. The lowest BCUT2D eigenvalue weighted by atomic mass is 10.2. The first-order chi connectivity index (χ1) is 12.8. The number of nitrogens with zero attached hydrogens (tertiary/aromatic N) is 2. The minimum absolute atomic E-state index is 0.187. The third-order valence-corrected chi connectivity index (χ3v) is 3.67. The van der Waals surface area contributed by atoms with Gasteiger partial charge in [0.2, 0.25) is 5.95 Å². The quantitative estimate of drug-likeness (QED) is 0.635. The van der Waals surface area contributed by atoms with Gasteiger partial charge in [0.25, 0.3) is 0 Å². The molecule has 0 atom stereocenters.